The second-order valence-corrected chi connectivity index (χ2v) is 4.81. The van der Waals surface area contributed by atoms with Gasteiger partial charge in [-0.25, -0.2) is 0 Å². The van der Waals surface area contributed by atoms with Crippen LogP contribution in [-0.2, 0) is 17.4 Å². The molecule has 18 heavy (non-hydrogen) atoms. The van der Waals surface area contributed by atoms with E-state index in [1.807, 2.05) is 0 Å². The van der Waals surface area contributed by atoms with Crippen LogP contribution in [-0.4, -0.2) is 11.1 Å². The number of aliphatic carboxylic acids is 1. The van der Waals surface area contributed by atoms with Crippen LogP contribution in [0.25, 0.3) is 0 Å². The van der Waals surface area contributed by atoms with Gasteiger partial charge < -0.3 is 5.11 Å². The number of carboxylic acids is 1. The highest BCUT2D eigenvalue weighted by molar-refractivity contribution is 5.76. The fourth-order valence-electron chi connectivity index (χ4n) is 2.32. The monoisotopic (exact) mass is 258 g/mol. The van der Waals surface area contributed by atoms with Gasteiger partial charge in [-0.15, -0.1) is 0 Å². The summed E-state index contributed by atoms with van der Waals surface area (Å²) >= 11 is 0. The Morgan fingerprint density at radius 1 is 1.33 bits per heavy atom. The van der Waals surface area contributed by atoms with Gasteiger partial charge in [0.15, 0.2) is 0 Å². The third-order valence-electron chi connectivity index (χ3n) is 3.56. The van der Waals surface area contributed by atoms with E-state index >= 15 is 0 Å². The zero-order valence-electron chi connectivity index (χ0n) is 9.63. The number of hydrogen-bond acceptors (Lipinski definition) is 1. The average molecular weight is 258 g/mol. The summed E-state index contributed by atoms with van der Waals surface area (Å²) < 4.78 is 37.6. The molecule has 0 heterocycles. The molecule has 0 aliphatic heterocycles. The third kappa shape index (κ3) is 2.35. The Bertz CT molecular complexity index is 462. The summed E-state index contributed by atoms with van der Waals surface area (Å²) in [6.45, 7) is 0. The highest BCUT2D eigenvalue weighted by atomic mass is 19.4. The first-order valence-corrected chi connectivity index (χ1v) is 5.73. The van der Waals surface area contributed by atoms with Crippen molar-refractivity contribution in [1.82, 2.24) is 0 Å². The quantitative estimate of drug-likeness (QED) is 0.900. The maximum atomic E-state index is 12.5. The number of benzene rings is 1. The summed E-state index contributed by atoms with van der Waals surface area (Å²) in [6.07, 6.45) is -2.30. The lowest BCUT2D eigenvalue weighted by Gasteiger charge is -2.37. The van der Waals surface area contributed by atoms with Gasteiger partial charge in [-0.05, 0) is 30.9 Å². The molecular formula is C13H13F3O2. The van der Waals surface area contributed by atoms with E-state index < -0.39 is 23.1 Å². The van der Waals surface area contributed by atoms with E-state index in [1.165, 1.54) is 6.07 Å². The molecule has 0 aromatic heterocycles. The number of alkyl halides is 3. The van der Waals surface area contributed by atoms with Gasteiger partial charge in [-0.3, -0.25) is 4.79 Å². The lowest BCUT2D eigenvalue weighted by atomic mass is 9.65. The minimum absolute atomic E-state index is 0.173. The van der Waals surface area contributed by atoms with E-state index in [-0.39, 0.29) is 6.42 Å². The molecule has 0 bridgehead atoms. The maximum absolute atomic E-state index is 12.5. The summed E-state index contributed by atoms with van der Waals surface area (Å²) in [5.41, 5.74) is -1.14. The summed E-state index contributed by atoms with van der Waals surface area (Å²) in [5.74, 6) is -0.911. The molecule has 1 aliphatic carbocycles. The van der Waals surface area contributed by atoms with Gasteiger partial charge in [-0.1, -0.05) is 24.6 Å². The topological polar surface area (TPSA) is 37.3 Å². The Morgan fingerprint density at radius 2 is 2.00 bits per heavy atom. The minimum atomic E-state index is -4.38. The predicted molar refractivity (Wildman–Crippen MR) is 59.1 cm³/mol. The first-order valence-electron chi connectivity index (χ1n) is 5.73. The van der Waals surface area contributed by atoms with Crippen LogP contribution in [0.4, 0.5) is 13.2 Å². The molecule has 0 amide bonds. The minimum Gasteiger partial charge on any atom is -0.481 e. The molecule has 0 spiro atoms. The van der Waals surface area contributed by atoms with E-state index in [2.05, 4.69) is 0 Å². The number of carbonyl (C=O) groups is 1. The van der Waals surface area contributed by atoms with Crippen molar-refractivity contribution in [3.63, 3.8) is 0 Å². The Morgan fingerprint density at radius 3 is 2.44 bits per heavy atom. The zero-order chi connectivity index (χ0) is 13.4. The molecule has 1 aromatic rings. The first-order chi connectivity index (χ1) is 8.33. The van der Waals surface area contributed by atoms with Crippen molar-refractivity contribution in [3.8, 4) is 0 Å². The molecule has 0 saturated heterocycles. The molecule has 1 aliphatic rings. The Balaban J connectivity index is 2.22. The fourth-order valence-corrected chi connectivity index (χ4v) is 2.32. The summed E-state index contributed by atoms with van der Waals surface area (Å²) in [6, 6.07) is 4.92. The van der Waals surface area contributed by atoms with Gasteiger partial charge in [0, 0.05) is 0 Å². The average Bonchev–Trinajstić information content (AvgIpc) is 2.22. The maximum Gasteiger partial charge on any atom is 0.416 e. The Labute approximate surface area is 102 Å². The van der Waals surface area contributed by atoms with Crippen molar-refractivity contribution in [2.75, 3.05) is 0 Å². The molecule has 0 unspecified atom stereocenters. The van der Waals surface area contributed by atoms with Crippen molar-refractivity contribution in [1.29, 1.82) is 0 Å². The lowest BCUT2D eigenvalue weighted by Crippen LogP contribution is -2.39. The summed E-state index contributed by atoms with van der Waals surface area (Å²) in [5, 5.41) is 9.15. The second kappa shape index (κ2) is 4.30. The zero-order valence-corrected chi connectivity index (χ0v) is 9.63. The van der Waals surface area contributed by atoms with Crippen molar-refractivity contribution in [3.05, 3.63) is 35.4 Å². The van der Waals surface area contributed by atoms with Gasteiger partial charge in [-0.2, -0.15) is 13.2 Å². The van der Waals surface area contributed by atoms with E-state index in [9.17, 15) is 18.0 Å². The van der Waals surface area contributed by atoms with Crippen LogP contribution in [0.15, 0.2) is 24.3 Å². The van der Waals surface area contributed by atoms with Crippen molar-refractivity contribution in [2.45, 2.75) is 31.9 Å². The number of halogens is 3. The smallest absolute Gasteiger partial charge is 0.416 e. The summed E-state index contributed by atoms with van der Waals surface area (Å²) in [4.78, 5) is 11.2. The molecule has 1 fully saturated rings. The molecule has 2 rings (SSSR count). The van der Waals surface area contributed by atoms with Crippen LogP contribution < -0.4 is 0 Å². The van der Waals surface area contributed by atoms with Gasteiger partial charge in [0.1, 0.15) is 0 Å². The number of hydrogen-bond donors (Lipinski definition) is 1. The number of carboxylic acid groups (broad SMARTS) is 1. The van der Waals surface area contributed by atoms with Gasteiger partial charge in [0.05, 0.1) is 11.0 Å². The molecule has 2 nitrogen and oxygen atoms in total. The molecule has 1 saturated carbocycles. The Kier molecular flexibility index (Phi) is 3.09. The van der Waals surface area contributed by atoms with Crippen LogP contribution in [0.1, 0.15) is 30.4 Å². The van der Waals surface area contributed by atoms with Gasteiger partial charge >= 0.3 is 12.1 Å². The standard InChI is InChI=1S/C13H13F3O2/c14-13(15,16)10-4-1-3-9(7-10)8-12(11(17)18)5-2-6-12/h1,3-4,7H,2,5-6,8H2,(H,17,18). The molecule has 0 radical (unpaired) electrons. The second-order valence-electron chi connectivity index (χ2n) is 4.81. The van der Waals surface area contributed by atoms with Gasteiger partial charge in [0.2, 0.25) is 0 Å². The van der Waals surface area contributed by atoms with E-state index in [0.29, 0.717) is 18.4 Å². The van der Waals surface area contributed by atoms with Crippen molar-refractivity contribution >= 4 is 5.97 Å². The molecule has 1 N–H and O–H groups in total. The predicted octanol–water partition coefficient (Wildman–Crippen LogP) is 3.50. The van der Waals surface area contributed by atoms with Gasteiger partial charge in [0.25, 0.3) is 0 Å². The van der Waals surface area contributed by atoms with Crippen LogP contribution in [0.3, 0.4) is 0 Å². The highest BCUT2D eigenvalue weighted by Crippen LogP contribution is 2.44. The molecular weight excluding hydrogens is 245 g/mol. The summed E-state index contributed by atoms with van der Waals surface area (Å²) in [7, 11) is 0. The first kappa shape index (κ1) is 12.9. The van der Waals surface area contributed by atoms with Crippen molar-refractivity contribution < 1.29 is 23.1 Å². The van der Waals surface area contributed by atoms with Crippen LogP contribution in [0.2, 0.25) is 0 Å². The molecule has 98 valence electrons. The van der Waals surface area contributed by atoms with Crippen LogP contribution in [0, 0.1) is 5.41 Å². The van der Waals surface area contributed by atoms with Crippen LogP contribution in [0.5, 0.6) is 0 Å². The molecule has 5 heteroatoms. The SMILES string of the molecule is O=C(O)C1(Cc2cccc(C(F)(F)F)c2)CCC1. The van der Waals surface area contributed by atoms with Crippen molar-refractivity contribution in [2.24, 2.45) is 5.41 Å². The molecule has 0 atom stereocenters. The molecule has 1 aromatic carbocycles. The number of rotatable bonds is 3. The highest BCUT2D eigenvalue weighted by Gasteiger charge is 2.44. The van der Waals surface area contributed by atoms with Crippen LogP contribution >= 0.6 is 0 Å². The Hall–Kier alpha value is -1.52. The fraction of sp³-hybridized carbons (Fsp3) is 0.462. The normalized spacial score (nSPS) is 18.2. The lowest BCUT2D eigenvalue weighted by molar-refractivity contribution is -0.154. The van der Waals surface area contributed by atoms with E-state index in [1.54, 1.807) is 6.07 Å². The third-order valence-corrected chi connectivity index (χ3v) is 3.56. The largest absolute Gasteiger partial charge is 0.481 e. The van der Waals surface area contributed by atoms with E-state index in [0.717, 1.165) is 18.6 Å². The van der Waals surface area contributed by atoms with E-state index in [4.69, 9.17) is 5.11 Å².